The van der Waals surface area contributed by atoms with Crippen LogP contribution in [0.5, 0.6) is 0 Å². The molecule has 1 saturated heterocycles. The molecule has 4 atom stereocenters. The van der Waals surface area contributed by atoms with Crippen LogP contribution in [0, 0.1) is 5.82 Å². The van der Waals surface area contributed by atoms with Gasteiger partial charge in [-0.3, -0.25) is 14.6 Å². The number of hydrogen-bond acceptors (Lipinski definition) is 5. The van der Waals surface area contributed by atoms with Gasteiger partial charge in [-0.05, 0) is 42.0 Å². The second kappa shape index (κ2) is 8.18. The highest BCUT2D eigenvalue weighted by atomic mass is 19.2. The predicted molar refractivity (Wildman–Crippen MR) is 122 cm³/mol. The van der Waals surface area contributed by atoms with Crippen LogP contribution in [0.2, 0.25) is 0 Å². The van der Waals surface area contributed by atoms with Gasteiger partial charge in [-0.1, -0.05) is 12.1 Å². The summed E-state index contributed by atoms with van der Waals surface area (Å²) in [6, 6.07) is 7.87. The fourth-order valence-corrected chi connectivity index (χ4v) is 4.78. The maximum Gasteiger partial charge on any atom is 0.325 e. The number of rotatable bonds is 4. The molecule has 1 aromatic carbocycles. The molecule has 1 aliphatic heterocycles. The maximum atomic E-state index is 13.7. The topological polar surface area (TPSA) is 116 Å². The van der Waals surface area contributed by atoms with Crippen molar-refractivity contribution in [1.29, 1.82) is 0 Å². The molecule has 3 aromatic heterocycles. The van der Waals surface area contributed by atoms with E-state index in [1.165, 1.54) is 29.0 Å². The molecule has 4 heterocycles. The van der Waals surface area contributed by atoms with E-state index in [4.69, 9.17) is 0 Å². The number of hydrogen-bond donors (Lipinski definition) is 2. The van der Waals surface area contributed by atoms with Crippen molar-refractivity contribution < 1.29 is 18.0 Å². The monoisotopic (exact) mass is 496 g/mol. The molecule has 2 N–H and O–H groups in total. The largest absolute Gasteiger partial charge is 0.331 e. The lowest BCUT2D eigenvalue weighted by Gasteiger charge is -2.12. The molecule has 2 fully saturated rings. The molecule has 4 aromatic rings. The molecule has 184 valence electrons. The number of aromatic amines is 2. The summed E-state index contributed by atoms with van der Waals surface area (Å²) in [6.07, 6.45) is -0.164. The van der Waals surface area contributed by atoms with E-state index in [-0.39, 0.29) is 47.7 Å². The smallest absolute Gasteiger partial charge is 0.325 e. The fourth-order valence-electron chi connectivity index (χ4n) is 4.78. The van der Waals surface area contributed by atoms with Gasteiger partial charge >= 0.3 is 5.69 Å². The molecule has 1 aliphatic carbocycles. The van der Waals surface area contributed by atoms with Crippen molar-refractivity contribution in [2.45, 2.75) is 30.6 Å². The number of alkyl halides is 2. The van der Waals surface area contributed by atoms with Crippen molar-refractivity contribution in [3.63, 3.8) is 0 Å². The van der Waals surface area contributed by atoms with Crippen LogP contribution in [0.25, 0.3) is 16.9 Å². The van der Waals surface area contributed by atoms with Gasteiger partial charge in [0.05, 0.1) is 30.5 Å². The van der Waals surface area contributed by atoms with Crippen molar-refractivity contribution in [2.24, 2.45) is 0 Å². The number of amides is 1. The first-order valence-electron chi connectivity index (χ1n) is 11.3. The van der Waals surface area contributed by atoms with Crippen LogP contribution in [0.1, 0.15) is 39.9 Å². The summed E-state index contributed by atoms with van der Waals surface area (Å²) in [5, 5.41) is 4.42. The summed E-state index contributed by atoms with van der Waals surface area (Å²) in [7, 11) is 0. The average molecular weight is 496 g/mol. The van der Waals surface area contributed by atoms with Crippen LogP contribution >= 0.6 is 0 Å². The van der Waals surface area contributed by atoms with Gasteiger partial charge < -0.3 is 9.88 Å². The Kier molecular flexibility index (Phi) is 5.06. The Balaban J connectivity index is 1.44. The number of benzene rings is 1. The van der Waals surface area contributed by atoms with E-state index in [9.17, 15) is 27.6 Å². The minimum atomic E-state index is -1.75. The van der Waals surface area contributed by atoms with E-state index in [0.717, 1.165) is 16.9 Å². The molecule has 1 amide bonds. The number of nitrogens with zero attached hydrogens (tertiary/aromatic N) is 4. The lowest BCUT2D eigenvalue weighted by Crippen LogP contribution is -2.29. The van der Waals surface area contributed by atoms with E-state index >= 15 is 0 Å². The van der Waals surface area contributed by atoms with Crippen molar-refractivity contribution in [3.8, 4) is 11.3 Å². The van der Waals surface area contributed by atoms with Crippen LogP contribution in [-0.2, 0) is 0 Å². The molecule has 0 radical (unpaired) electrons. The first kappa shape index (κ1) is 22.3. The number of nitrogens with one attached hydrogen (secondary N) is 2. The Hall–Kier alpha value is -4.22. The Bertz CT molecular complexity index is 1600. The van der Waals surface area contributed by atoms with Crippen LogP contribution in [0.15, 0.2) is 52.3 Å². The van der Waals surface area contributed by atoms with E-state index in [2.05, 4.69) is 20.1 Å². The number of carbonyl (C=O) groups is 1. The van der Waals surface area contributed by atoms with Crippen molar-refractivity contribution >= 4 is 11.6 Å². The van der Waals surface area contributed by atoms with Gasteiger partial charge in [0, 0.05) is 11.8 Å². The molecule has 2 aliphatic rings. The zero-order valence-electron chi connectivity index (χ0n) is 18.6. The normalized spacial score (nSPS) is 23.4. The van der Waals surface area contributed by atoms with Crippen LogP contribution < -0.4 is 11.2 Å². The second-order valence-corrected chi connectivity index (χ2v) is 9.11. The third-order valence-electron chi connectivity index (χ3n) is 6.73. The van der Waals surface area contributed by atoms with Crippen molar-refractivity contribution in [1.82, 2.24) is 29.5 Å². The highest BCUT2D eigenvalue weighted by molar-refractivity contribution is 5.93. The lowest BCUT2D eigenvalue weighted by molar-refractivity contribution is 0.0773. The van der Waals surface area contributed by atoms with Gasteiger partial charge in [0.15, 0.2) is 18.0 Å². The summed E-state index contributed by atoms with van der Waals surface area (Å²) in [4.78, 5) is 46.9. The number of H-pyrrole nitrogens is 2. The first-order chi connectivity index (χ1) is 17.3. The Morgan fingerprint density at radius 2 is 1.78 bits per heavy atom. The zero-order valence-corrected chi connectivity index (χ0v) is 18.6. The van der Waals surface area contributed by atoms with Gasteiger partial charge in [-0.25, -0.2) is 27.5 Å². The SMILES string of the molecule is O=C(c1cn2nc(-c3c[nH]c(=O)[nH]c3=O)cc([C@H]3C[C@@H]3c3ccc(F)cc3)c2n1)N1C[C@@H](F)[C@@H](F)C1. The number of imidazole rings is 1. The molecular weight excluding hydrogens is 477 g/mol. The highest BCUT2D eigenvalue weighted by Crippen LogP contribution is 2.55. The third-order valence-corrected chi connectivity index (χ3v) is 6.73. The number of fused-ring (bicyclic) bond motifs is 1. The molecule has 1 saturated carbocycles. The van der Waals surface area contributed by atoms with Crippen molar-refractivity contribution in [2.75, 3.05) is 13.1 Å². The number of halogens is 3. The number of likely N-dealkylation sites (tertiary alicyclic amines) is 1. The molecule has 6 rings (SSSR count). The first-order valence-corrected chi connectivity index (χ1v) is 11.3. The summed E-state index contributed by atoms with van der Waals surface area (Å²) < 4.78 is 42.1. The Morgan fingerprint density at radius 3 is 2.47 bits per heavy atom. The average Bonchev–Trinajstić information content (AvgIpc) is 3.40. The van der Waals surface area contributed by atoms with Crippen LogP contribution in [0.3, 0.4) is 0 Å². The predicted octanol–water partition coefficient (Wildman–Crippen LogP) is 2.32. The van der Waals surface area contributed by atoms with E-state index in [0.29, 0.717) is 11.2 Å². The molecular formula is C24H19F3N6O3. The Labute approximate surface area is 200 Å². The Morgan fingerprint density at radius 1 is 1.06 bits per heavy atom. The summed E-state index contributed by atoms with van der Waals surface area (Å²) in [6.45, 7) is -0.719. The third kappa shape index (κ3) is 3.78. The van der Waals surface area contributed by atoms with E-state index < -0.39 is 29.5 Å². The number of carbonyl (C=O) groups excluding carboxylic acids is 1. The summed E-state index contributed by atoms with van der Waals surface area (Å²) >= 11 is 0. The standard InChI is InChI=1S/C24H19F3N6O3/c25-12-3-1-11(2-4-12)13-5-14(13)15-6-19(16-7-28-24(36)30-22(16)34)31-33-10-20(29-21(15)33)23(35)32-8-17(26)18(27)9-32/h1-4,6-7,10,13-14,17-18H,5,8-9H2,(H2,28,30,34,36)/t13-,14+,17-,18+/m1/s1. The summed E-state index contributed by atoms with van der Waals surface area (Å²) in [5.74, 6) is -0.952. The number of aromatic nitrogens is 5. The van der Waals surface area contributed by atoms with Crippen LogP contribution in [0.4, 0.5) is 13.2 Å². The lowest BCUT2D eigenvalue weighted by atomic mass is 10.0. The fraction of sp³-hybridized carbons (Fsp3) is 0.292. The quantitative estimate of drug-likeness (QED) is 0.450. The van der Waals surface area contributed by atoms with Crippen molar-refractivity contribution in [3.05, 3.63) is 86.2 Å². The second-order valence-electron chi connectivity index (χ2n) is 9.11. The highest BCUT2D eigenvalue weighted by Gasteiger charge is 2.42. The van der Waals surface area contributed by atoms with E-state index in [1.807, 2.05) is 0 Å². The van der Waals surface area contributed by atoms with Gasteiger partial charge in [0.1, 0.15) is 11.5 Å². The molecule has 12 heteroatoms. The van der Waals surface area contributed by atoms with E-state index in [1.54, 1.807) is 18.2 Å². The van der Waals surface area contributed by atoms with Gasteiger partial charge in [-0.15, -0.1) is 0 Å². The van der Waals surface area contributed by atoms with Gasteiger partial charge in [-0.2, -0.15) is 5.10 Å². The molecule has 0 unspecified atom stereocenters. The minimum absolute atomic E-state index is 0.0310. The molecule has 36 heavy (non-hydrogen) atoms. The van der Waals surface area contributed by atoms with Gasteiger partial charge in [0.2, 0.25) is 0 Å². The minimum Gasteiger partial charge on any atom is -0.331 e. The molecule has 0 spiro atoms. The molecule has 9 nitrogen and oxygen atoms in total. The van der Waals surface area contributed by atoms with Crippen LogP contribution in [-0.4, -0.2) is 60.8 Å². The maximum absolute atomic E-state index is 13.7. The molecule has 0 bridgehead atoms. The summed E-state index contributed by atoms with van der Waals surface area (Å²) in [5.41, 5.74) is 1.01. The zero-order chi connectivity index (χ0) is 25.1. The van der Waals surface area contributed by atoms with Gasteiger partial charge in [0.25, 0.3) is 11.5 Å².